The Morgan fingerprint density at radius 2 is 2.18 bits per heavy atom. The van der Waals surface area contributed by atoms with Gasteiger partial charge in [-0.1, -0.05) is 36.8 Å². The number of aromatic nitrogens is 1. The molecule has 1 atom stereocenters. The third-order valence-electron chi connectivity index (χ3n) is 6.05. The summed E-state index contributed by atoms with van der Waals surface area (Å²) in [7, 11) is 0. The van der Waals surface area contributed by atoms with Crippen molar-refractivity contribution < 1.29 is 4.39 Å². The highest BCUT2D eigenvalue weighted by atomic mass is 19.1. The number of hydrogen-bond donors (Lipinski definition) is 1. The molecule has 146 valence electrons. The molecular formula is C25H29FN2. The van der Waals surface area contributed by atoms with Crippen LogP contribution in [0.25, 0.3) is 10.9 Å². The van der Waals surface area contributed by atoms with Gasteiger partial charge in [0.15, 0.2) is 0 Å². The molecule has 4 rings (SSSR count). The topological polar surface area (TPSA) is 19.0 Å². The Morgan fingerprint density at radius 1 is 1.32 bits per heavy atom. The fourth-order valence-electron chi connectivity index (χ4n) is 4.42. The van der Waals surface area contributed by atoms with Crippen LogP contribution in [0.4, 0.5) is 4.39 Å². The molecule has 2 aliphatic rings. The quantitative estimate of drug-likeness (QED) is 0.582. The van der Waals surface area contributed by atoms with Gasteiger partial charge in [0, 0.05) is 23.1 Å². The van der Waals surface area contributed by atoms with Crippen LogP contribution in [0.2, 0.25) is 0 Å². The molecule has 1 fully saturated rings. The SMILES string of the molecule is C=C(C)C=CC1=C(C)C(CN2CCCCC2c2cc3cc(F)ccc3[nH]2)=CC1. The summed E-state index contributed by atoms with van der Waals surface area (Å²) in [5.74, 6) is -0.175. The first kappa shape index (κ1) is 18.9. The van der Waals surface area contributed by atoms with Crippen molar-refractivity contribution in [3.8, 4) is 0 Å². The molecule has 1 aliphatic heterocycles. The van der Waals surface area contributed by atoms with Crippen LogP contribution in [0.3, 0.4) is 0 Å². The first-order chi connectivity index (χ1) is 13.5. The van der Waals surface area contributed by atoms with Crippen LogP contribution in [0.15, 0.2) is 71.4 Å². The molecular weight excluding hydrogens is 347 g/mol. The molecule has 1 unspecified atom stereocenters. The minimum atomic E-state index is -0.175. The average molecular weight is 377 g/mol. The van der Waals surface area contributed by atoms with Gasteiger partial charge in [-0.3, -0.25) is 4.90 Å². The molecule has 0 spiro atoms. The van der Waals surface area contributed by atoms with Crippen LogP contribution in [0, 0.1) is 5.82 Å². The molecule has 2 nitrogen and oxygen atoms in total. The predicted molar refractivity (Wildman–Crippen MR) is 116 cm³/mol. The lowest BCUT2D eigenvalue weighted by Gasteiger charge is -2.35. The molecule has 2 aromatic rings. The predicted octanol–water partition coefficient (Wildman–Crippen LogP) is 6.61. The molecule has 0 saturated carbocycles. The molecule has 1 aromatic heterocycles. The van der Waals surface area contributed by atoms with E-state index in [-0.39, 0.29) is 5.82 Å². The number of allylic oxidation sites excluding steroid dienone is 5. The molecule has 0 radical (unpaired) electrons. The third-order valence-corrected chi connectivity index (χ3v) is 6.05. The zero-order chi connectivity index (χ0) is 19.7. The Balaban J connectivity index is 1.55. The number of H-pyrrole nitrogens is 1. The van der Waals surface area contributed by atoms with Crippen molar-refractivity contribution in [2.24, 2.45) is 0 Å². The molecule has 1 saturated heterocycles. The summed E-state index contributed by atoms with van der Waals surface area (Å²) in [6, 6.07) is 7.49. The number of fused-ring (bicyclic) bond motifs is 1. The highest BCUT2D eigenvalue weighted by Crippen LogP contribution is 2.35. The number of benzene rings is 1. The van der Waals surface area contributed by atoms with Crippen molar-refractivity contribution in [1.82, 2.24) is 9.88 Å². The Bertz CT molecular complexity index is 989. The third kappa shape index (κ3) is 3.90. The second kappa shape index (κ2) is 7.92. The molecule has 1 N–H and O–H groups in total. The number of aromatic amines is 1. The Hall–Kier alpha value is -2.39. The smallest absolute Gasteiger partial charge is 0.123 e. The number of piperidine rings is 1. The van der Waals surface area contributed by atoms with Crippen LogP contribution < -0.4 is 0 Å². The van der Waals surface area contributed by atoms with Crippen molar-refractivity contribution in [1.29, 1.82) is 0 Å². The lowest BCUT2D eigenvalue weighted by molar-refractivity contribution is 0.160. The summed E-state index contributed by atoms with van der Waals surface area (Å²) in [5, 5.41) is 0.962. The highest BCUT2D eigenvalue weighted by Gasteiger charge is 2.27. The van der Waals surface area contributed by atoms with Gasteiger partial charge < -0.3 is 4.98 Å². The van der Waals surface area contributed by atoms with Gasteiger partial charge in [0.05, 0.1) is 6.04 Å². The van der Waals surface area contributed by atoms with Gasteiger partial charge >= 0.3 is 0 Å². The maximum Gasteiger partial charge on any atom is 0.123 e. The van der Waals surface area contributed by atoms with E-state index in [1.807, 2.05) is 13.0 Å². The van der Waals surface area contributed by atoms with E-state index in [1.165, 1.54) is 41.3 Å². The Morgan fingerprint density at radius 3 is 3.00 bits per heavy atom. The monoisotopic (exact) mass is 376 g/mol. The van der Waals surface area contributed by atoms with E-state index >= 15 is 0 Å². The number of likely N-dealkylation sites (tertiary alicyclic amines) is 1. The Kier molecular flexibility index (Phi) is 5.36. The van der Waals surface area contributed by atoms with E-state index in [4.69, 9.17) is 0 Å². The summed E-state index contributed by atoms with van der Waals surface area (Å²) in [5.41, 5.74) is 7.55. The molecule has 28 heavy (non-hydrogen) atoms. The maximum atomic E-state index is 13.6. The van der Waals surface area contributed by atoms with Gasteiger partial charge in [0.1, 0.15) is 5.82 Å². The standard InChI is InChI=1S/C25H29FN2/c1-17(2)7-8-19-9-10-20(18(19)3)16-28-13-5-4-6-25(28)24-15-21-14-22(26)11-12-23(21)27-24/h7-8,10-12,14-15,25,27H,1,4-6,9,13,16H2,2-3H3. The van der Waals surface area contributed by atoms with Gasteiger partial charge in [-0.15, -0.1) is 0 Å². The van der Waals surface area contributed by atoms with Gasteiger partial charge in [-0.05, 0) is 80.6 Å². The highest BCUT2D eigenvalue weighted by molar-refractivity contribution is 5.80. The fraction of sp³-hybridized carbons (Fsp3) is 0.360. The second-order valence-corrected chi connectivity index (χ2v) is 8.20. The number of hydrogen-bond acceptors (Lipinski definition) is 1. The van der Waals surface area contributed by atoms with Gasteiger partial charge in [-0.2, -0.15) is 0 Å². The van der Waals surface area contributed by atoms with Crippen molar-refractivity contribution >= 4 is 10.9 Å². The number of nitrogens with zero attached hydrogens (tertiary/aromatic N) is 1. The van der Waals surface area contributed by atoms with Gasteiger partial charge in [-0.25, -0.2) is 4.39 Å². The van der Waals surface area contributed by atoms with E-state index in [1.54, 1.807) is 6.07 Å². The molecule has 3 heteroatoms. The summed E-state index contributed by atoms with van der Waals surface area (Å²) >= 11 is 0. The van der Waals surface area contributed by atoms with E-state index in [0.29, 0.717) is 6.04 Å². The van der Waals surface area contributed by atoms with Crippen molar-refractivity contribution in [3.05, 3.63) is 82.9 Å². The summed E-state index contributed by atoms with van der Waals surface area (Å²) in [6.45, 7) is 10.3. The van der Waals surface area contributed by atoms with Crippen LogP contribution in [0.5, 0.6) is 0 Å². The van der Waals surface area contributed by atoms with Crippen LogP contribution in [-0.4, -0.2) is 23.0 Å². The van der Waals surface area contributed by atoms with Gasteiger partial charge in [0.25, 0.3) is 0 Å². The number of rotatable bonds is 5. The minimum absolute atomic E-state index is 0.175. The van der Waals surface area contributed by atoms with Crippen molar-refractivity contribution in [3.63, 3.8) is 0 Å². The van der Waals surface area contributed by atoms with E-state index in [2.05, 4.69) is 47.7 Å². The van der Waals surface area contributed by atoms with Crippen molar-refractivity contribution in [2.75, 3.05) is 13.1 Å². The fourth-order valence-corrected chi connectivity index (χ4v) is 4.42. The molecule has 2 heterocycles. The van der Waals surface area contributed by atoms with E-state index in [9.17, 15) is 4.39 Å². The molecule has 1 aromatic carbocycles. The molecule has 0 amide bonds. The van der Waals surface area contributed by atoms with E-state index < -0.39 is 0 Å². The maximum absolute atomic E-state index is 13.6. The molecule has 1 aliphatic carbocycles. The molecule has 0 bridgehead atoms. The summed E-state index contributed by atoms with van der Waals surface area (Å²) < 4.78 is 13.6. The lowest BCUT2D eigenvalue weighted by atomic mass is 9.97. The lowest BCUT2D eigenvalue weighted by Crippen LogP contribution is -2.35. The zero-order valence-corrected chi connectivity index (χ0v) is 16.9. The largest absolute Gasteiger partial charge is 0.357 e. The first-order valence-corrected chi connectivity index (χ1v) is 10.3. The van der Waals surface area contributed by atoms with Crippen LogP contribution in [-0.2, 0) is 0 Å². The first-order valence-electron chi connectivity index (χ1n) is 10.3. The van der Waals surface area contributed by atoms with Crippen molar-refractivity contribution in [2.45, 2.75) is 45.6 Å². The average Bonchev–Trinajstić information content (AvgIpc) is 3.24. The van der Waals surface area contributed by atoms with Crippen LogP contribution in [0.1, 0.15) is 51.3 Å². The Labute approximate surface area is 167 Å². The zero-order valence-electron chi connectivity index (χ0n) is 16.9. The summed E-state index contributed by atoms with van der Waals surface area (Å²) in [6.07, 6.45) is 11.3. The number of halogens is 1. The normalized spacial score (nSPS) is 21.1. The van der Waals surface area contributed by atoms with E-state index in [0.717, 1.165) is 42.4 Å². The number of nitrogens with one attached hydrogen (secondary N) is 1. The minimum Gasteiger partial charge on any atom is -0.357 e. The summed E-state index contributed by atoms with van der Waals surface area (Å²) in [4.78, 5) is 6.13. The van der Waals surface area contributed by atoms with Crippen LogP contribution >= 0.6 is 0 Å². The second-order valence-electron chi connectivity index (χ2n) is 8.20. The van der Waals surface area contributed by atoms with Gasteiger partial charge in [0.2, 0.25) is 0 Å².